The van der Waals surface area contributed by atoms with Crippen molar-refractivity contribution in [3.63, 3.8) is 0 Å². The third-order valence-corrected chi connectivity index (χ3v) is 9.05. The Kier molecular flexibility index (Phi) is 9.03. The van der Waals surface area contributed by atoms with E-state index in [0.717, 1.165) is 54.1 Å². The third kappa shape index (κ3) is 6.81. The van der Waals surface area contributed by atoms with Crippen LogP contribution < -0.4 is 4.90 Å². The molecule has 0 atom stereocenters. The number of hydrogen-bond donors (Lipinski definition) is 0. The van der Waals surface area contributed by atoms with Gasteiger partial charge in [-0.1, -0.05) is 60.7 Å². The summed E-state index contributed by atoms with van der Waals surface area (Å²) in [6.45, 7) is 5.91. The van der Waals surface area contributed by atoms with Crippen molar-refractivity contribution in [1.82, 2.24) is 19.7 Å². The summed E-state index contributed by atoms with van der Waals surface area (Å²) in [6.07, 6.45) is 1.83. The van der Waals surface area contributed by atoms with Gasteiger partial charge >= 0.3 is 0 Å². The molecule has 6 rings (SSSR count). The Labute approximate surface area is 264 Å². The Morgan fingerprint density at radius 1 is 0.644 bits per heavy atom. The number of carbonyl (C=O) groups is 3. The van der Waals surface area contributed by atoms with Crippen molar-refractivity contribution in [1.29, 1.82) is 0 Å². The number of benzene rings is 3. The normalized spacial score (nSPS) is 16.0. The van der Waals surface area contributed by atoms with Gasteiger partial charge in [-0.15, -0.1) is 0 Å². The lowest BCUT2D eigenvalue weighted by Gasteiger charge is -2.42. The van der Waals surface area contributed by atoms with Gasteiger partial charge in [0, 0.05) is 87.2 Å². The average Bonchev–Trinajstić information content (AvgIpc) is 3.11. The van der Waals surface area contributed by atoms with E-state index in [2.05, 4.69) is 4.90 Å². The number of piperazine rings is 1. The summed E-state index contributed by atoms with van der Waals surface area (Å²) in [7, 11) is 1.72. The Balaban J connectivity index is 1.06. The standard InChI is InChI=1S/C37H39N5O3/c1-27(43)39(2)32-15-13-30(14-16-32)36(44)41-19-17-33(18-20-41)40-21-23-42(24-22-40)37(45)31-25-34(28-9-5-3-6-10-28)38-35(26-31)29-11-7-4-8-12-29/h3-16,25-26,33H,17-24H2,1-2H3. The largest absolute Gasteiger partial charge is 0.339 e. The summed E-state index contributed by atoms with van der Waals surface area (Å²) in [4.78, 5) is 51.4. The average molecular weight is 602 g/mol. The SMILES string of the molecule is CC(=O)N(C)c1ccc(C(=O)N2CCC(N3CCN(C(=O)c4cc(-c5ccccc5)nc(-c5ccccc5)c4)CC3)CC2)cc1. The predicted molar refractivity (Wildman–Crippen MR) is 177 cm³/mol. The molecule has 0 radical (unpaired) electrons. The van der Waals surface area contributed by atoms with Crippen molar-refractivity contribution in [3.05, 3.63) is 108 Å². The number of amides is 3. The van der Waals surface area contributed by atoms with Crippen LogP contribution in [0.15, 0.2) is 97.1 Å². The maximum atomic E-state index is 13.8. The van der Waals surface area contributed by atoms with E-state index < -0.39 is 0 Å². The first-order valence-corrected chi connectivity index (χ1v) is 15.7. The van der Waals surface area contributed by atoms with Gasteiger partial charge in [0.25, 0.3) is 11.8 Å². The maximum Gasteiger partial charge on any atom is 0.254 e. The Bertz CT molecular complexity index is 1590. The lowest BCUT2D eigenvalue weighted by atomic mass is 10.0. The summed E-state index contributed by atoms with van der Waals surface area (Å²) < 4.78 is 0. The fourth-order valence-electron chi connectivity index (χ4n) is 6.27. The van der Waals surface area contributed by atoms with Crippen molar-refractivity contribution in [2.45, 2.75) is 25.8 Å². The molecule has 0 bridgehead atoms. The van der Waals surface area contributed by atoms with Crippen LogP contribution >= 0.6 is 0 Å². The van der Waals surface area contributed by atoms with E-state index in [1.807, 2.05) is 94.7 Å². The van der Waals surface area contributed by atoms with Crippen LogP contribution in [0.5, 0.6) is 0 Å². The lowest BCUT2D eigenvalue weighted by molar-refractivity contribution is -0.116. The number of rotatable bonds is 6. The number of anilines is 1. The molecule has 2 aliphatic heterocycles. The number of hydrogen-bond acceptors (Lipinski definition) is 5. The summed E-state index contributed by atoms with van der Waals surface area (Å²) in [5, 5.41) is 0. The molecule has 8 nitrogen and oxygen atoms in total. The molecule has 0 aliphatic carbocycles. The van der Waals surface area contributed by atoms with Crippen molar-refractivity contribution < 1.29 is 14.4 Å². The van der Waals surface area contributed by atoms with Crippen LogP contribution in [0.25, 0.3) is 22.5 Å². The molecule has 230 valence electrons. The number of nitrogens with zero attached hydrogens (tertiary/aromatic N) is 5. The van der Waals surface area contributed by atoms with Crippen molar-refractivity contribution >= 4 is 23.4 Å². The van der Waals surface area contributed by atoms with Crippen molar-refractivity contribution in [3.8, 4) is 22.5 Å². The summed E-state index contributed by atoms with van der Waals surface area (Å²) in [5.74, 6) is 0.0171. The maximum absolute atomic E-state index is 13.8. The third-order valence-electron chi connectivity index (χ3n) is 9.05. The van der Waals surface area contributed by atoms with Gasteiger partial charge in [-0.25, -0.2) is 4.98 Å². The minimum atomic E-state index is -0.0480. The number of likely N-dealkylation sites (tertiary alicyclic amines) is 1. The van der Waals surface area contributed by atoms with Gasteiger partial charge < -0.3 is 14.7 Å². The Morgan fingerprint density at radius 3 is 1.64 bits per heavy atom. The molecule has 3 amide bonds. The summed E-state index contributed by atoms with van der Waals surface area (Å²) >= 11 is 0. The van der Waals surface area contributed by atoms with Crippen molar-refractivity contribution in [2.75, 3.05) is 51.2 Å². The first-order chi connectivity index (χ1) is 21.9. The van der Waals surface area contributed by atoms with Gasteiger partial charge in [0.1, 0.15) is 0 Å². The Morgan fingerprint density at radius 2 is 1.13 bits per heavy atom. The molecular formula is C37H39N5O3. The first-order valence-electron chi connectivity index (χ1n) is 15.7. The van der Waals surface area contributed by atoms with Crippen LogP contribution in [0.4, 0.5) is 5.69 Å². The molecule has 2 aliphatic rings. The van der Waals surface area contributed by atoms with Crippen molar-refractivity contribution in [2.24, 2.45) is 0 Å². The van der Waals surface area contributed by atoms with Crippen LogP contribution in [0, 0.1) is 0 Å². The molecule has 0 unspecified atom stereocenters. The molecule has 3 aromatic carbocycles. The molecule has 1 aromatic heterocycles. The van der Waals surface area contributed by atoms with Crippen LogP contribution in [0.2, 0.25) is 0 Å². The summed E-state index contributed by atoms with van der Waals surface area (Å²) in [5.41, 5.74) is 5.62. The zero-order valence-electron chi connectivity index (χ0n) is 25.9. The highest BCUT2D eigenvalue weighted by atomic mass is 16.2. The smallest absolute Gasteiger partial charge is 0.254 e. The molecule has 45 heavy (non-hydrogen) atoms. The van der Waals surface area contributed by atoms with Gasteiger partial charge in [0.15, 0.2) is 0 Å². The molecule has 3 heterocycles. The van der Waals surface area contributed by atoms with E-state index in [-0.39, 0.29) is 17.7 Å². The molecule has 2 saturated heterocycles. The van der Waals surface area contributed by atoms with E-state index in [1.54, 1.807) is 24.1 Å². The highest BCUT2D eigenvalue weighted by Gasteiger charge is 2.31. The molecular weight excluding hydrogens is 562 g/mol. The second kappa shape index (κ2) is 13.4. The van der Waals surface area contributed by atoms with E-state index in [1.165, 1.54) is 6.92 Å². The zero-order valence-corrected chi connectivity index (χ0v) is 25.9. The van der Waals surface area contributed by atoms with Gasteiger partial charge in [0.2, 0.25) is 5.91 Å². The van der Waals surface area contributed by atoms with E-state index >= 15 is 0 Å². The van der Waals surface area contributed by atoms with E-state index in [0.29, 0.717) is 43.3 Å². The molecule has 2 fully saturated rings. The van der Waals surface area contributed by atoms with Crippen LogP contribution in [0.1, 0.15) is 40.5 Å². The number of pyridine rings is 1. The minimum Gasteiger partial charge on any atom is -0.339 e. The van der Waals surface area contributed by atoms with Gasteiger partial charge in [-0.2, -0.15) is 0 Å². The number of carbonyl (C=O) groups excluding carboxylic acids is 3. The lowest BCUT2D eigenvalue weighted by Crippen LogP contribution is -2.54. The number of piperidine rings is 1. The van der Waals surface area contributed by atoms with Crippen LogP contribution in [-0.4, -0.2) is 89.8 Å². The highest BCUT2D eigenvalue weighted by molar-refractivity contribution is 5.97. The monoisotopic (exact) mass is 601 g/mol. The second-order valence-corrected chi connectivity index (χ2v) is 11.8. The first kappa shape index (κ1) is 30.2. The molecule has 0 saturated carbocycles. The molecule has 4 aromatic rings. The predicted octanol–water partition coefficient (Wildman–Crippen LogP) is 5.46. The Hall–Kier alpha value is -4.82. The topological polar surface area (TPSA) is 77.1 Å². The van der Waals surface area contributed by atoms with Gasteiger partial charge in [-0.3, -0.25) is 19.3 Å². The molecule has 0 spiro atoms. The van der Waals surface area contributed by atoms with E-state index in [9.17, 15) is 14.4 Å². The summed E-state index contributed by atoms with van der Waals surface area (Å²) in [6, 6.07) is 31.5. The molecule has 0 N–H and O–H groups in total. The van der Waals surface area contributed by atoms with E-state index in [4.69, 9.17) is 4.98 Å². The van der Waals surface area contributed by atoms with Gasteiger partial charge in [-0.05, 0) is 49.2 Å². The zero-order chi connectivity index (χ0) is 31.3. The van der Waals surface area contributed by atoms with Crippen LogP contribution in [-0.2, 0) is 4.79 Å². The van der Waals surface area contributed by atoms with Gasteiger partial charge in [0.05, 0.1) is 11.4 Å². The highest BCUT2D eigenvalue weighted by Crippen LogP contribution is 2.27. The fraction of sp³-hybridized carbons (Fsp3) is 0.297. The van der Waals surface area contributed by atoms with Crippen LogP contribution in [0.3, 0.4) is 0 Å². The molecule has 8 heteroatoms. The number of aromatic nitrogens is 1. The minimum absolute atomic E-state index is 0.0305. The quantitative estimate of drug-likeness (QED) is 0.293. The second-order valence-electron chi connectivity index (χ2n) is 11.8. The fourth-order valence-corrected chi connectivity index (χ4v) is 6.27.